The zero-order valence-corrected chi connectivity index (χ0v) is 15.2. The summed E-state index contributed by atoms with van der Waals surface area (Å²) in [4.78, 5) is 30.1. The first-order chi connectivity index (χ1) is 12.1. The Morgan fingerprint density at radius 1 is 1.24 bits per heavy atom. The van der Waals surface area contributed by atoms with Gasteiger partial charge in [0.15, 0.2) is 5.76 Å². The molecule has 0 saturated carbocycles. The molecule has 3 heterocycles. The van der Waals surface area contributed by atoms with E-state index in [1.54, 1.807) is 12.1 Å². The lowest BCUT2D eigenvalue weighted by Gasteiger charge is -2.05. The number of thiophene rings is 1. The summed E-state index contributed by atoms with van der Waals surface area (Å²) in [7, 11) is 0. The van der Waals surface area contributed by atoms with Crippen LogP contribution >= 0.6 is 27.3 Å². The molecule has 0 bridgehead atoms. The fourth-order valence-electron chi connectivity index (χ4n) is 2.59. The van der Waals surface area contributed by atoms with Gasteiger partial charge in [0.1, 0.15) is 4.83 Å². The zero-order chi connectivity index (χ0) is 17.4. The quantitative estimate of drug-likeness (QED) is 0.465. The van der Waals surface area contributed by atoms with E-state index in [9.17, 15) is 9.59 Å². The molecule has 4 rings (SSSR count). The Hall–Kier alpha value is -2.51. The molecule has 0 unspecified atom stereocenters. The van der Waals surface area contributed by atoms with Gasteiger partial charge < -0.3 is 4.42 Å². The van der Waals surface area contributed by atoms with Gasteiger partial charge in [0.05, 0.1) is 24.5 Å². The summed E-state index contributed by atoms with van der Waals surface area (Å²) in [5, 5.41) is 2.45. The summed E-state index contributed by atoms with van der Waals surface area (Å²) >= 11 is 4.82. The number of aromatic nitrogens is 2. The Labute approximate surface area is 154 Å². The van der Waals surface area contributed by atoms with Gasteiger partial charge in [-0.1, -0.05) is 28.1 Å². The van der Waals surface area contributed by atoms with Crippen molar-refractivity contribution in [1.82, 2.24) is 9.55 Å². The number of halogens is 1. The van der Waals surface area contributed by atoms with E-state index < -0.39 is 0 Å². The number of nitrogens with zero attached hydrogens (tertiary/aromatic N) is 2. The van der Waals surface area contributed by atoms with Crippen molar-refractivity contribution in [1.29, 1.82) is 0 Å². The van der Waals surface area contributed by atoms with Crippen LogP contribution in [0.15, 0.2) is 68.1 Å². The smallest absolute Gasteiger partial charge is 0.263 e. The highest BCUT2D eigenvalue weighted by atomic mass is 79.9. The van der Waals surface area contributed by atoms with Crippen LogP contribution in [-0.2, 0) is 6.54 Å². The Bertz CT molecular complexity index is 1110. The molecule has 7 heteroatoms. The summed E-state index contributed by atoms with van der Waals surface area (Å²) in [5.74, 6) is -0.0425. The monoisotopic (exact) mass is 414 g/mol. The third-order valence-electron chi connectivity index (χ3n) is 3.83. The van der Waals surface area contributed by atoms with Gasteiger partial charge >= 0.3 is 0 Å². The van der Waals surface area contributed by atoms with Crippen molar-refractivity contribution in [2.75, 3.05) is 0 Å². The Kier molecular flexibility index (Phi) is 4.10. The Morgan fingerprint density at radius 3 is 2.76 bits per heavy atom. The minimum Gasteiger partial charge on any atom is -0.461 e. The minimum atomic E-state index is -0.270. The number of Topliss-reactive ketones (excluding diaryl/α,β-unsaturated/α-hetero) is 1. The molecule has 4 aromatic rings. The van der Waals surface area contributed by atoms with E-state index in [0.717, 1.165) is 15.6 Å². The lowest BCUT2D eigenvalue weighted by atomic mass is 10.1. The van der Waals surface area contributed by atoms with Gasteiger partial charge in [-0.3, -0.25) is 14.2 Å². The zero-order valence-electron chi connectivity index (χ0n) is 12.8. The van der Waals surface area contributed by atoms with Gasteiger partial charge in [0.25, 0.3) is 5.56 Å². The van der Waals surface area contributed by atoms with E-state index in [1.807, 2.05) is 29.6 Å². The standard InChI is InChI=1S/C18H11BrN2O3S/c19-12-5-3-11(4-6-12)13-9-25-17-16(13)18(23)21(10-20-17)8-14(22)15-2-1-7-24-15/h1-7,9-10H,8H2. The highest BCUT2D eigenvalue weighted by Gasteiger charge is 2.16. The van der Waals surface area contributed by atoms with E-state index in [1.165, 1.54) is 28.5 Å². The predicted molar refractivity (Wildman–Crippen MR) is 100 cm³/mol. The first-order valence-corrected chi connectivity index (χ1v) is 9.10. The molecule has 0 atom stereocenters. The fourth-order valence-corrected chi connectivity index (χ4v) is 3.76. The molecule has 1 aromatic carbocycles. The third-order valence-corrected chi connectivity index (χ3v) is 5.24. The molecular formula is C18H11BrN2O3S. The number of rotatable bonds is 4. The van der Waals surface area contributed by atoms with E-state index >= 15 is 0 Å². The van der Waals surface area contributed by atoms with Crippen LogP contribution in [0.2, 0.25) is 0 Å². The predicted octanol–water partition coefficient (Wildman–Crippen LogP) is 4.36. The third kappa shape index (κ3) is 2.96. The lowest BCUT2D eigenvalue weighted by molar-refractivity contribution is 0.0943. The van der Waals surface area contributed by atoms with Gasteiger partial charge in [0, 0.05) is 15.4 Å². The minimum absolute atomic E-state index is 0.106. The topological polar surface area (TPSA) is 65.1 Å². The molecule has 0 aliphatic carbocycles. The van der Waals surface area contributed by atoms with Crippen LogP contribution < -0.4 is 5.56 Å². The van der Waals surface area contributed by atoms with Gasteiger partial charge in [-0.25, -0.2) is 4.98 Å². The molecule has 0 aliphatic heterocycles. The number of carbonyl (C=O) groups is 1. The number of carbonyl (C=O) groups excluding carboxylic acids is 1. The number of hydrogen-bond acceptors (Lipinski definition) is 5. The maximum Gasteiger partial charge on any atom is 0.263 e. The van der Waals surface area contributed by atoms with Gasteiger partial charge in [-0.15, -0.1) is 11.3 Å². The van der Waals surface area contributed by atoms with E-state index in [-0.39, 0.29) is 23.6 Å². The van der Waals surface area contributed by atoms with Crippen molar-refractivity contribution >= 4 is 43.3 Å². The molecule has 0 spiro atoms. The lowest BCUT2D eigenvalue weighted by Crippen LogP contribution is -2.24. The molecule has 0 N–H and O–H groups in total. The normalized spacial score (nSPS) is 11.1. The molecule has 0 amide bonds. The molecule has 0 fully saturated rings. The van der Waals surface area contributed by atoms with Gasteiger partial charge in [0.2, 0.25) is 5.78 Å². The Morgan fingerprint density at radius 2 is 2.04 bits per heavy atom. The molecule has 0 aliphatic rings. The SMILES string of the molecule is O=C(Cn1cnc2scc(-c3ccc(Br)cc3)c2c1=O)c1ccco1. The molecule has 0 saturated heterocycles. The van der Waals surface area contributed by atoms with Gasteiger partial charge in [-0.05, 0) is 29.8 Å². The largest absolute Gasteiger partial charge is 0.461 e. The van der Waals surface area contributed by atoms with Crippen LogP contribution in [0.25, 0.3) is 21.3 Å². The summed E-state index contributed by atoms with van der Waals surface area (Å²) in [5.41, 5.74) is 1.53. The molecule has 3 aromatic heterocycles. The molecule has 25 heavy (non-hydrogen) atoms. The van der Waals surface area contributed by atoms with E-state index in [2.05, 4.69) is 20.9 Å². The second-order valence-electron chi connectivity index (χ2n) is 5.41. The second kappa shape index (κ2) is 6.42. The van der Waals surface area contributed by atoms with Gasteiger partial charge in [-0.2, -0.15) is 0 Å². The van der Waals surface area contributed by atoms with Crippen LogP contribution in [0, 0.1) is 0 Å². The van der Waals surface area contributed by atoms with E-state index in [0.29, 0.717) is 10.2 Å². The average molecular weight is 415 g/mol. The highest BCUT2D eigenvalue weighted by molar-refractivity contribution is 9.10. The number of ketones is 1. The van der Waals surface area contributed by atoms with Crippen LogP contribution in [0.4, 0.5) is 0 Å². The summed E-state index contributed by atoms with van der Waals surface area (Å²) in [6.07, 6.45) is 2.84. The summed E-state index contributed by atoms with van der Waals surface area (Å²) in [6.45, 7) is -0.106. The van der Waals surface area contributed by atoms with Crippen molar-refractivity contribution in [3.8, 4) is 11.1 Å². The average Bonchev–Trinajstić information content (AvgIpc) is 3.28. The first-order valence-electron chi connectivity index (χ1n) is 7.43. The first kappa shape index (κ1) is 16.0. The second-order valence-corrected chi connectivity index (χ2v) is 7.19. The van der Waals surface area contributed by atoms with Crippen molar-refractivity contribution in [3.63, 3.8) is 0 Å². The van der Waals surface area contributed by atoms with Crippen molar-refractivity contribution in [2.24, 2.45) is 0 Å². The molecule has 0 radical (unpaired) electrons. The van der Waals surface area contributed by atoms with Crippen molar-refractivity contribution in [3.05, 3.63) is 75.0 Å². The van der Waals surface area contributed by atoms with Crippen LogP contribution in [-0.4, -0.2) is 15.3 Å². The maximum atomic E-state index is 12.9. The van der Waals surface area contributed by atoms with Crippen LogP contribution in [0.3, 0.4) is 0 Å². The maximum absolute atomic E-state index is 12.9. The van der Waals surface area contributed by atoms with Crippen molar-refractivity contribution in [2.45, 2.75) is 6.54 Å². The molecule has 5 nitrogen and oxygen atoms in total. The van der Waals surface area contributed by atoms with Crippen LogP contribution in [0.1, 0.15) is 10.6 Å². The number of benzene rings is 1. The summed E-state index contributed by atoms with van der Waals surface area (Å²) < 4.78 is 7.39. The Balaban J connectivity index is 1.79. The highest BCUT2D eigenvalue weighted by Crippen LogP contribution is 2.31. The number of hydrogen-bond donors (Lipinski definition) is 0. The van der Waals surface area contributed by atoms with E-state index in [4.69, 9.17) is 4.42 Å². The van der Waals surface area contributed by atoms with Crippen LogP contribution in [0.5, 0.6) is 0 Å². The summed E-state index contributed by atoms with van der Waals surface area (Å²) in [6, 6.07) is 11.0. The number of fused-ring (bicyclic) bond motifs is 1. The molecule has 124 valence electrons. The molecular weight excluding hydrogens is 404 g/mol. The van der Waals surface area contributed by atoms with Crippen molar-refractivity contribution < 1.29 is 9.21 Å². The fraction of sp³-hybridized carbons (Fsp3) is 0.0556. The number of furan rings is 1.